The van der Waals surface area contributed by atoms with Crippen LogP contribution in [0, 0.1) is 5.92 Å². The van der Waals surface area contributed by atoms with Gasteiger partial charge in [0.25, 0.3) is 5.91 Å². The van der Waals surface area contributed by atoms with Crippen LogP contribution in [-0.2, 0) is 20.2 Å². The molecule has 5 rings (SSSR count). The van der Waals surface area contributed by atoms with E-state index in [-0.39, 0.29) is 48.5 Å². The van der Waals surface area contributed by atoms with E-state index in [0.717, 1.165) is 12.8 Å². The molecule has 0 radical (unpaired) electrons. The molecule has 5 heterocycles. The number of rotatable bonds is 7. The maximum atomic E-state index is 14.8. The predicted molar refractivity (Wildman–Crippen MR) is 160 cm³/mol. The molecular formula is C28H40N7O5S2+. The van der Waals surface area contributed by atoms with Crippen LogP contribution in [0.3, 0.4) is 0 Å². The minimum atomic E-state index is -4.78. The van der Waals surface area contributed by atoms with Gasteiger partial charge in [0.1, 0.15) is 18.2 Å². The first-order valence-electron chi connectivity index (χ1n) is 14.3. The minimum Gasteiger partial charge on any atom is -0.384 e. The number of carbonyl (C=O) groups excluding carboxylic acids is 1. The minimum absolute atomic E-state index is 0.0169. The highest BCUT2D eigenvalue weighted by atomic mass is 32.3. The fourth-order valence-corrected chi connectivity index (χ4v) is 11.9. The van der Waals surface area contributed by atoms with Crippen molar-refractivity contribution < 1.29 is 24.9 Å². The fraction of sp³-hybridized carbons (Fsp3) is 0.536. The van der Waals surface area contributed by atoms with Gasteiger partial charge in [0.15, 0.2) is 6.04 Å². The van der Waals surface area contributed by atoms with E-state index in [1.165, 1.54) is 34.8 Å². The van der Waals surface area contributed by atoms with Crippen LogP contribution in [0.4, 0.5) is 11.6 Å². The number of piperidine rings is 1. The van der Waals surface area contributed by atoms with E-state index in [9.17, 15) is 21.6 Å². The molecule has 3 aliphatic rings. The number of quaternary nitrogens is 1. The van der Waals surface area contributed by atoms with Crippen LogP contribution in [-0.4, -0.2) is 72.0 Å². The second-order valence-electron chi connectivity index (χ2n) is 12.1. The van der Waals surface area contributed by atoms with Crippen molar-refractivity contribution in [2.45, 2.75) is 69.5 Å². The Morgan fingerprint density at radius 1 is 1.10 bits per heavy atom. The molecule has 42 heavy (non-hydrogen) atoms. The normalized spacial score (nSPS) is 26.8. The maximum absolute atomic E-state index is 14.8. The maximum Gasteiger partial charge on any atom is 0.388 e. The zero-order valence-electron chi connectivity index (χ0n) is 24.3. The summed E-state index contributed by atoms with van der Waals surface area (Å²) in [4.78, 5) is 23.9. The second-order valence-corrected chi connectivity index (χ2v) is 16.4. The monoisotopic (exact) mass is 618 g/mol. The van der Waals surface area contributed by atoms with Gasteiger partial charge in [0, 0.05) is 43.4 Å². The third kappa shape index (κ3) is 4.77. The van der Waals surface area contributed by atoms with Crippen molar-refractivity contribution in [1.82, 2.24) is 14.3 Å². The van der Waals surface area contributed by atoms with E-state index in [4.69, 9.17) is 11.5 Å². The molecule has 12 nitrogen and oxygen atoms in total. The highest BCUT2D eigenvalue weighted by Gasteiger charge is 2.63. The lowest BCUT2D eigenvalue weighted by Crippen LogP contribution is -2.64. The van der Waals surface area contributed by atoms with Gasteiger partial charge < -0.3 is 16.4 Å². The smallest absolute Gasteiger partial charge is 0.384 e. The quantitative estimate of drug-likeness (QED) is 0.350. The number of nitrogens with zero attached hydrogens (tertiary/aromatic N) is 5. The molecule has 1 amide bonds. The van der Waals surface area contributed by atoms with Crippen LogP contribution in [0.15, 0.2) is 47.6 Å². The van der Waals surface area contributed by atoms with Gasteiger partial charge in [-0.25, -0.2) is 9.97 Å². The zero-order chi connectivity index (χ0) is 30.5. The van der Waals surface area contributed by atoms with E-state index in [2.05, 4.69) is 16.9 Å². The number of sulfonamides is 1. The van der Waals surface area contributed by atoms with E-state index >= 15 is 0 Å². The Balaban J connectivity index is 1.81. The van der Waals surface area contributed by atoms with Crippen molar-refractivity contribution in [3.05, 3.63) is 53.7 Å². The molecule has 14 heteroatoms. The van der Waals surface area contributed by atoms with Crippen LogP contribution in [0.25, 0.3) is 0 Å². The molecule has 2 aromatic heterocycles. The summed E-state index contributed by atoms with van der Waals surface area (Å²) >= 11 is 0. The Kier molecular flexibility index (Phi) is 7.88. The standard InChI is InChI=1S/C28H39N7O5S2/c1-20-18-28(2,3)34(19-20)27-25(26(30)36)21(13-14-31-27)22-10-5-8-17-35(22,42(39,40)33-15-6-4-7-16-33)41(37,38)24-12-9-11-23(29)32-24/h5,9-14,20,22H,4,6-8,15-19H2,1-3H3,(H3-,29,30,32,36)/p+1/t20-,22?,35?/m0/s1. The first-order chi connectivity index (χ1) is 19.7. The first-order valence-corrected chi connectivity index (χ1v) is 17.2. The summed E-state index contributed by atoms with van der Waals surface area (Å²) in [5.41, 5.74) is 11.7. The summed E-state index contributed by atoms with van der Waals surface area (Å²) < 4.78 is 59.0. The number of primary amides is 1. The number of aromatic nitrogens is 2. The first kappa shape index (κ1) is 30.4. The van der Waals surface area contributed by atoms with Gasteiger partial charge in [-0.15, -0.1) is 0 Å². The van der Waals surface area contributed by atoms with Gasteiger partial charge in [-0.05, 0) is 63.3 Å². The number of nitrogen functional groups attached to an aromatic ring is 1. The lowest BCUT2D eigenvalue weighted by molar-refractivity contribution is -0.708. The van der Waals surface area contributed by atoms with Crippen molar-refractivity contribution >= 4 is 37.8 Å². The average molecular weight is 619 g/mol. The van der Waals surface area contributed by atoms with Crippen molar-refractivity contribution in [2.24, 2.45) is 11.7 Å². The molecule has 0 bridgehead atoms. The van der Waals surface area contributed by atoms with Crippen molar-refractivity contribution in [1.29, 1.82) is 0 Å². The summed E-state index contributed by atoms with van der Waals surface area (Å²) in [6.45, 7) is 6.92. The molecule has 0 aromatic carbocycles. The molecular weight excluding hydrogens is 578 g/mol. The zero-order valence-corrected chi connectivity index (χ0v) is 25.9. The molecule has 228 valence electrons. The number of pyridine rings is 2. The van der Waals surface area contributed by atoms with Gasteiger partial charge in [0.2, 0.25) is 5.03 Å². The molecule has 2 fully saturated rings. The van der Waals surface area contributed by atoms with Crippen LogP contribution >= 0.6 is 0 Å². The van der Waals surface area contributed by atoms with Gasteiger partial charge in [-0.1, -0.05) is 28.8 Å². The van der Waals surface area contributed by atoms with Crippen molar-refractivity contribution in [3.63, 3.8) is 0 Å². The van der Waals surface area contributed by atoms with E-state index in [1.54, 1.807) is 12.2 Å². The van der Waals surface area contributed by atoms with Gasteiger partial charge in [-0.3, -0.25) is 4.79 Å². The fourth-order valence-electron chi connectivity index (χ4n) is 6.87. The summed E-state index contributed by atoms with van der Waals surface area (Å²) in [6.07, 6.45) is 7.91. The average Bonchev–Trinajstić information content (AvgIpc) is 3.24. The van der Waals surface area contributed by atoms with Crippen LogP contribution in [0.2, 0.25) is 0 Å². The Morgan fingerprint density at radius 2 is 1.81 bits per heavy atom. The Bertz CT molecular complexity index is 1620. The number of nitrogens with two attached hydrogens (primary N) is 2. The number of anilines is 2. The highest BCUT2D eigenvalue weighted by Crippen LogP contribution is 2.47. The number of carbonyl (C=O) groups is 1. The van der Waals surface area contributed by atoms with Gasteiger partial charge in [0.05, 0.1) is 5.56 Å². The van der Waals surface area contributed by atoms with E-state index in [0.29, 0.717) is 31.1 Å². The lowest BCUT2D eigenvalue weighted by Gasteiger charge is -2.44. The van der Waals surface area contributed by atoms with E-state index < -0.39 is 40.5 Å². The van der Waals surface area contributed by atoms with Gasteiger partial charge in [-0.2, -0.15) is 21.1 Å². The molecule has 0 aliphatic carbocycles. The number of hydrogen-bond acceptors (Lipinski definition) is 9. The molecule has 2 saturated heterocycles. The molecule has 2 aromatic rings. The molecule has 4 N–H and O–H groups in total. The SMILES string of the molecule is C[C@@H]1CN(c2nccc(C3C=CCC[N+]3(S(=O)(=O)c3cccc(N)n3)S(=O)(=O)N3CCCCC3)c2C(N)=O)C(C)(C)C1. The number of amides is 1. The Morgan fingerprint density at radius 3 is 2.43 bits per heavy atom. The number of hydrogen-bond donors (Lipinski definition) is 2. The topological polar surface area (TPSA) is 170 Å². The summed E-state index contributed by atoms with van der Waals surface area (Å²) in [7, 11) is -9.38. The van der Waals surface area contributed by atoms with Crippen LogP contribution < -0.4 is 16.4 Å². The summed E-state index contributed by atoms with van der Waals surface area (Å²) in [5, 5.41) is -0.451. The lowest BCUT2D eigenvalue weighted by atomic mass is 9.95. The Labute approximate surface area is 248 Å². The molecule has 0 saturated carbocycles. The predicted octanol–water partition coefficient (Wildman–Crippen LogP) is 2.72. The molecule has 0 spiro atoms. The third-order valence-electron chi connectivity index (χ3n) is 8.65. The highest BCUT2D eigenvalue weighted by molar-refractivity contribution is 7.97. The van der Waals surface area contributed by atoms with Crippen LogP contribution in [0.5, 0.6) is 0 Å². The van der Waals surface area contributed by atoms with Crippen molar-refractivity contribution in [3.8, 4) is 0 Å². The second kappa shape index (κ2) is 10.9. The third-order valence-corrected chi connectivity index (χ3v) is 14.0. The van der Waals surface area contributed by atoms with E-state index in [1.807, 2.05) is 18.7 Å². The largest absolute Gasteiger partial charge is 0.388 e. The molecule has 3 aliphatic heterocycles. The summed E-state index contributed by atoms with van der Waals surface area (Å²) in [5.74, 6) is -0.232. The van der Waals surface area contributed by atoms with Crippen molar-refractivity contribution in [2.75, 3.05) is 36.8 Å². The van der Waals surface area contributed by atoms with Crippen LogP contribution in [0.1, 0.15) is 74.8 Å². The molecule has 2 unspecified atom stereocenters. The molecule has 3 atom stereocenters. The Hall–Kier alpha value is -3.07. The van der Waals surface area contributed by atoms with Gasteiger partial charge >= 0.3 is 20.2 Å². The summed E-state index contributed by atoms with van der Waals surface area (Å²) in [6, 6.07) is 4.32.